The first-order valence-electron chi connectivity index (χ1n) is 5.05. The van der Waals surface area contributed by atoms with Gasteiger partial charge in [-0.2, -0.15) is 11.8 Å². The lowest BCUT2D eigenvalue weighted by Gasteiger charge is -2.17. The first-order chi connectivity index (χ1) is 7.54. The summed E-state index contributed by atoms with van der Waals surface area (Å²) >= 11 is 1.64. The van der Waals surface area contributed by atoms with Crippen LogP contribution in [0.2, 0.25) is 0 Å². The minimum atomic E-state index is -0.533. The molecule has 0 bridgehead atoms. The van der Waals surface area contributed by atoms with Crippen molar-refractivity contribution in [2.45, 2.75) is 18.8 Å². The fourth-order valence-corrected chi connectivity index (χ4v) is 1.82. The maximum absolute atomic E-state index is 11.8. The molecule has 1 atom stereocenters. The number of rotatable bonds is 5. The molecule has 0 fully saturated rings. The molecular formula is C11H17NO3S. The highest BCUT2D eigenvalue weighted by molar-refractivity contribution is 7.97. The van der Waals surface area contributed by atoms with Gasteiger partial charge in [0.15, 0.2) is 5.76 Å². The van der Waals surface area contributed by atoms with Crippen molar-refractivity contribution in [2.24, 2.45) is 0 Å². The summed E-state index contributed by atoms with van der Waals surface area (Å²) in [5.41, 5.74) is 0. The predicted molar refractivity (Wildman–Crippen MR) is 64.6 cm³/mol. The van der Waals surface area contributed by atoms with Gasteiger partial charge in [-0.05, 0) is 25.3 Å². The molecule has 0 aliphatic rings. The van der Waals surface area contributed by atoms with Crippen LogP contribution in [0.25, 0.3) is 0 Å². The zero-order valence-electron chi connectivity index (χ0n) is 9.77. The summed E-state index contributed by atoms with van der Waals surface area (Å²) < 4.78 is 5.39. The first-order valence-corrected chi connectivity index (χ1v) is 6.45. The number of likely N-dealkylation sites (N-methyl/N-ethyl adjacent to an activating group) is 1. The average Bonchev–Trinajstić information content (AvgIpc) is 2.64. The van der Waals surface area contributed by atoms with Crippen molar-refractivity contribution in [1.82, 2.24) is 4.90 Å². The number of aliphatic hydroxyl groups excluding tert-OH is 1. The number of hydrogen-bond donors (Lipinski definition) is 1. The second-order valence-electron chi connectivity index (χ2n) is 3.73. The van der Waals surface area contributed by atoms with Gasteiger partial charge < -0.3 is 14.4 Å². The lowest BCUT2D eigenvalue weighted by molar-refractivity contribution is 0.0672. The Morgan fingerprint density at radius 3 is 2.88 bits per heavy atom. The molecule has 0 aliphatic carbocycles. The molecule has 0 saturated carbocycles. The number of carbonyl (C=O) groups excluding carboxylic acids is 1. The quantitative estimate of drug-likeness (QED) is 0.853. The van der Waals surface area contributed by atoms with E-state index in [0.717, 1.165) is 11.5 Å². The fourth-order valence-electron chi connectivity index (χ4n) is 1.38. The number of hydrogen-bond acceptors (Lipinski definition) is 4. The number of furan rings is 1. The molecule has 1 rings (SSSR count). The van der Waals surface area contributed by atoms with E-state index in [1.807, 2.05) is 6.26 Å². The Balaban J connectivity index is 2.64. The van der Waals surface area contributed by atoms with E-state index in [2.05, 4.69) is 0 Å². The van der Waals surface area contributed by atoms with Crippen LogP contribution in [0.3, 0.4) is 0 Å². The molecule has 1 aromatic heterocycles. The highest BCUT2D eigenvalue weighted by atomic mass is 32.2. The summed E-state index contributed by atoms with van der Waals surface area (Å²) in [4.78, 5) is 13.3. The van der Waals surface area contributed by atoms with Gasteiger partial charge in [0, 0.05) is 13.6 Å². The third-order valence-corrected chi connectivity index (χ3v) is 2.62. The normalized spacial score (nSPS) is 12.5. The van der Waals surface area contributed by atoms with Crippen molar-refractivity contribution in [2.75, 3.05) is 19.8 Å². The van der Waals surface area contributed by atoms with E-state index in [0.29, 0.717) is 12.3 Å². The van der Waals surface area contributed by atoms with Gasteiger partial charge in [0.1, 0.15) is 5.76 Å². The van der Waals surface area contributed by atoms with Crippen molar-refractivity contribution in [3.8, 4) is 0 Å². The number of aliphatic hydroxyl groups is 1. The molecule has 4 nitrogen and oxygen atoms in total. The number of carbonyl (C=O) groups is 1. The monoisotopic (exact) mass is 243 g/mol. The molecule has 1 N–H and O–H groups in total. The summed E-state index contributed by atoms with van der Waals surface area (Å²) in [7, 11) is 1.64. The van der Waals surface area contributed by atoms with Gasteiger partial charge in [-0.25, -0.2) is 0 Å². The summed E-state index contributed by atoms with van der Waals surface area (Å²) in [6.45, 7) is 1.95. The van der Waals surface area contributed by atoms with Gasteiger partial charge in [-0.15, -0.1) is 0 Å². The van der Waals surface area contributed by atoms with E-state index in [9.17, 15) is 9.90 Å². The third kappa shape index (κ3) is 3.57. The molecule has 5 heteroatoms. The van der Waals surface area contributed by atoms with Crippen LogP contribution in [0.5, 0.6) is 0 Å². The number of nitrogens with zero attached hydrogens (tertiary/aromatic N) is 1. The van der Waals surface area contributed by atoms with Gasteiger partial charge in [-0.3, -0.25) is 4.79 Å². The third-order valence-electron chi connectivity index (χ3n) is 2.04. The Morgan fingerprint density at radius 1 is 1.62 bits per heavy atom. The zero-order chi connectivity index (χ0) is 12.1. The molecule has 0 spiro atoms. The standard InChI is InChI=1S/C11H17NO3S/c1-8(13)6-12(2)11(14)10-5-4-9(15-10)7-16-3/h4-5,8,13H,6-7H2,1-3H3. The SMILES string of the molecule is CSCc1ccc(C(=O)N(C)CC(C)O)o1. The lowest BCUT2D eigenvalue weighted by atomic mass is 10.3. The Hall–Kier alpha value is -0.940. The highest BCUT2D eigenvalue weighted by Gasteiger charge is 2.16. The molecule has 0 saturated heterocycles. The van der Waals surface area contributed by atoms with Gasteiger partial charge >= 0.3 is 0 Å². The van der Waals surface area contributed by atoms with Gasteiger partial charge in [-0.1, -0.05) is 0 Å². The largest absolute Gasteiger partial charge is 0.455 e. The van der Waals surface area contributed by atoms with Crippen LogP contribution in [0.15, 0.2) is 16.5 Å². The van der Waals surface area contributed by atoms with Crippen LogP contribution in [-0.2, 0) is 5.75 Å². The molecule has 0 aromatic carbocycles. The highest BCUT2D eigenvalue weighted by Crippen LogP contribution is 2.14. The van der Waals surface area contributed by atoms with Gasteiger partial charge in [0.2, 0.25) is 0 Å². The van der Waals surface area contributed by atoms with Crippen molar-refractivity contribution in [3.05, 3.63) is 23.7 Å². The van der Waals surface area contributed by atoms with E-state index in [1.165, 1.54) is 4.90 Å². The predicted octanol–water partition coefficient (Wildman–Crippen LogP) is 1.60. The smallest absolute Gasteiger partial charge is 0.289 e. The van der Waals surface area contributed by atoms with Crippen LogP contribution in [0, 0.1) is 0 Å². The molecule has 90 valence electrons. The fraction of sp³-hybridized carbons (Fsp3) is 0.545. The van der Waals surface area contributed by atoms with E-state index >= 15 is 0 Å². The van der Waals surface area contributed by atoms with Crippen LogP contribution in [0.1, 0.15) is 23.2 Å². The minimum Gasteiger partial charge on any atom is -0.455 e. The van der Waals surface area contributed by atoms with Crippen molar-refractivity contribution < 1.29 is 14.3 Å². The Morgan fingerprint density at radius 2 is 2.31 bits per heavy atom. The molecule has 0 radical (unpaired) electrons. The molecule has 1 unspecified atom stereocenters. The van der Waals surface area contributed by atoms with Crippen molar-refractivity contribution in [3.63, 3.8) is 0 Å². The van der Waals surface area contributed by atoms with Crippen LogP contribution in [0.4, 0.5) is 0 Å². The van der Waals surface area contributed by atoms with E-state index in [1.54, 1.807) is 37.9 Å². The number of amides is 1. The molecule has 16 heavy (non-hydrogen) atoms. The summed E-state index contributed by atoms with van der Waals surface area (Å²) in [6, 6.07) is 3.48. The molecule has 1 amide bonds. The Kier molecular flexibility index (Phi) is 4.89. The van der Waals surface area contributed by atoms with Gasteiger partial charge in [0.05, 0.1) is 11.9 Å². The second-order valence-corrected chi connectivity index (χ2v) is 4.60. The molecule has 0 aliphatic heterocycles. The second kappa shape index (κ2) is 5.96. The van der Waals surface area contributed by atoms with E-state index < -0.39 is 6.10 Å². The van der Waals surface area contributed by atoms with Crippen LogP contribution < -0.4 is 0 Å². The summed E-state index contributed by atoms with van der Waals surface area (Å²) in [5, 5.41) is 9.18. The molecule has 1 heterocycles. The van der Waals surface area contributed by atoms with E-state index in [-0.39, 0.29) is 5.91 Å². The maximum atomic E-state index is 11.8. The lowest BCUT2D eigenvalue weighted by Crippen LogP contribution is -2.32. The van der Waals surface area contributed by atoms with E-state index in [4.69, 9.17) is 4.42 Å². The Bertz CT molecular complexity index is 349. The Labute approximate surface area is 99.6 Å². The topological polar surface area (TPSA) is 53.7 Å². The van der Waals surface area contributed by atoms with Crippen LogP contribution >= 0.6 is 11.8 Å². The summed E-state index contributed by atoms with van der Waals surface area (Å²) in [6.07, 6.45) is 1.44. The molecular weight excluding hydrogens is 226 g/mol. The van der Waals surface area contributed by atoms with Gasteiger partial charge in [0.25, 0.3) is 5.91 Å². The van der Waals surface area contributed by atoms with Crippen molar-refractivity contribution in [1.29, 1.82) is 0 Å². The zero-order valence-corrected chi connectivity index (χ0v) is 10.6. The minimum absolute atomic E-state index is 0.201. The molecule has 1 aromatic rings. The van der Waals surface area contributed by atoms with Crippen molar-refractivity contribution >= 4 is 17.7 Å². The summed E-state index contributed by atoms with van der Waals surface area (Å²) in [5.74, 6) is 1.68. The maximum Gasteiger partial charge on any atom is 0.289 e. The average molecular weight is 243 g/mol. The van der Waals surface area contributed by atoms with Crippen LogP contribution in [-0.4, -0.2) is 41.9 Å². The number of thioether (sulfide) groups is 1. The first kappa shape index (κ1) is 13.1.